The van der Waals surface area contributed by atoms with Crippen LogP contribution in [0.15, 0.2) is 42.5 Å². The molecule has 1 aromatic heterocycles. The average molecular weight is 424 g/mol. The van der Waals surface area contributed by atoms with Crippen LogP contribution in [-0.4, -0.2) is 43.0 Å². The number of halogens is 2. The van der Waals surface area contributed by atoms with Gasteiger partial charge in [0.05, 0.1) is 10.2 Å². The fraction of sp³-hybridized carbons (Fsp3) is 0.300. The number of aryl methyl sites for hydroxylation is 1. The van der Waals surface area contributed by atoms with Gasteiger partial charge in [0.15, 0.2) is 5.13 Å². The third-order valence-corrected chi connectivity index (χ3v) is 5.46. The number of carbonyl (C=O) groups is 1. The van der Waals surface area contributed by atoms with Crippen LogP contribution >= 0.6 is 35.3 Å². The molecule has 144 valence electrons. The molecule has 0 spiro atoms. The molecule has 0 aliphatic heterocycles. The van der Waals surface area contributed by atoms with Crippen LogP contribution in [0, 0.1) is 6.92 Å². The van der Waals surface area contributed by atoms with Crippen LogP contribution in [0.1, 0.15) is 22.3 Å². The van der Waals surface area contributed by atoms with Crippen LogP contribution in [0.4, 0.5) is 5.13 Å². The highest BCUT2D eigenvalue weighted by Crippen LogP contribution is 2.31. The molecule has 0 bridgehead atoms. The lowest BCUT2D eigenvalue weighted by Gasteiger charge is -2.21. The average Bonchev–Trinajstić information content (AvgIpc) is 3.04. The Morgan fingerprint density at radius 3 is 2.44 bits per heavy atom. The largest absolute Gasteiger partial charge is 0.309 e. The predicted octanol–water partition coefficient (Wildman–Crippen LogP) is 5.28. The highest BCUT2D eigenvalue weighted by molar-refractivity contribution is 7.22. The van der Waals surface area contributed by atoms with E-state index in [9.17, 15) is 4.79 Å². The zero-order valence-electron chi connectivity index (χ0n) is 15.6. The van der Waals surface area contributed by atoms with Crippen LogP contribution in [0.25, 0.3) is 10.2 Å². The van der Waals surface area contributed by atoms with E-state index in [1.165, 1.54) is 0 Å². The molecule has 3 rings (SSSR count). The molecule has 0 saturated carbocycles. The van der Waals surface area contributed by atoms with Crippen LogP contribution in [0.5, 0.6) is 0 Å². The third kappa shape index (κ3) is 5.20. The van der Waals surface area contributed by atoms with Crippen molar-refractivity contribution in [2.75, 3.05) is 32.1 Å². The number of aromatic nitrogens is 1. The van der Waals surface area contributed by atoms with Crippen molar-refractivity contribution >= 4 is 56.6 Å². The van der Waals surface area contributed by atoms with Crippen molar-refractivity contribution in [3.63, 3.8) is 0 Å². The lowest BCUT2D eigenvalue weighted by molar-refractivity contribution is 0.0986. The number of hydrogen-bond acceptors (Lipinski definition) is 4. The molecule has 1 heterocycles. The van der Waals surface area contributed by atoms with E-state index in [0.29, 0.717) is 17.1 Å². The number of thiazole rings is 1. The maximum atomic E-state index is 13.1. The molecule has 0 unspecified atom stereocenters. The van der Waals surface area contributed by atoms with Gasteiger partial charge in [-0.3, -0.25) is 9.69 Å². The van der Waals surface area contributed by atoms with E-state index >= 15 is 0 Å². The first-order chi connectivity index (χ1) is 12.5. The van der Waals surface area contributed by atoms with Gasteiger partial charge < -0.3 is 4.90 Å². The number of carbonyl (C=O) groups excluding carboxylic acids is 1. The number of nitrogens with zero attached hydrogens (tertiary/aromatic N) is 3. The van der Waals surface area contributed by atoms with Gasteiger partial charge in [0, 0.05) is 17.1 Å². The minimum atomic E-state index is -0.0443. The second kappa shape index (κ2) is 9.51. The highest BCUT2D eigenvalue weighted by Gasteiger charge is 2.21. The quantitative estimate of drug-likeness (QED) is 0.540. The zero-order chi connectivity index (χ0) is 18.7. The fourth-order valence-corrected chi connectivity index (χ4v) is 3.96. The summed E-state index contributed by atoms with van der Waals surface area (Å²) in [7, 11) is 4.07. The normalized spacial score (nSPS) is 10.9. The molecular formula is C20H23Cl2N3OS. The molecule has 7 heteroatoms. The summed E-state index contributed by atoms with van der Waals surface area (Å²) >= 11 is 7.52. The van der Waals surface area contributed by atoms with Crippen LogP contribution in [0.3, 0.4) is 0 Å². The molecule has 0 aliphatic rings. The van der Waals surface area contributed by atoms with Crippen LogP contribution in [-0.2, 0) is 0 Å². The number of fused-ring (bicyclic) bond motifs is 1. The van der Waals surface area contributed by atoms with E-state index in [2.05, 4.69) is 4.90 Å². The lowest BCUT2D eigenvalue weighted by Crippen LogP contribution is -2.33. The summed E-state index contributed by atoms with van der Waals surface area (Å²) in [6.45, 7) is 3.58. The predicted molar refractivity (Wildman–Crippen MR) is 118 cm³/mol. The van der Waals surface area contributed by atoms with Gasteiger partial charge in [0.1, 0.15) is 0 Å². The van der Waals surface area contributed by atoms with Crippen molar-refractivity contribution in [3.05, 3.63) is 58.6 Å². The first-order valence-electron chi connectivity index (χ1n) is 8.54. The molecular weight excluding hydrogens is 401 g/mol. The number of hydrogen-bond donors (Lipinski definition) is 0. The Morgan fingerprint density at radius 2 is 1.81 bits per heavy atom. The van der Waals surface area contributed by atoms with E-state index in [0.717, 1.165) is 33.9 Å². The molecule has 0 fully saturated rings. The van der Waals surface area contributed by atoms with Gasteiger partial charge in [-0.05, 0) is 69.9 Å². The summed E-state index contributed by atoms with van der Waals surface area (Å²) in [6, 6.07) is 13.1. The van der Waals surface area contributed by atoms with Crippen molar-refractivity contribution in [1.82, 2.24) is 9.88 Å². The van der Waals surface area contributed by atoms with Crippen LogP contribution in [0.2, 0.25) is 5.02 Å². The standard InChI is InChI=1S/C20H22ClN3OS.ClH/c1-14-6-4-7-17-18(14)22-20(26-17)24(13-5-12-23(2)3)19(25)15-8-10-16(21)11-9-15;/h4,6-11H,5,12-13H2,1-3H3;1H. The maximum absolute atomic E-state index is 13.1. The second-order valence-corrected chi connectivity index (χ2v) is 7.98. The number of amides is 1. The first kappa shape index (κ1) is 21.6. The molecule has 0 saturated heterocycles. The van der Waals surface area contributed by atoms with Crippen molar-refractivity contribution < 1.29 is 4.79 Å². The Kier molecular flexibility index (Phi) is 7.62. The SMILES string of the molecule is Cc1cccc2sc(N(CCCN(C)C)C(=O)c3ccc(Cl)cc3)nc12.Cl. The topological polar surface area (TPSA) is 36.4 Å². The Labute approximate surface area is 175 Å². The van der Waals surface area contributed by atoms with E-state index in [1.807, 2.05) is 39.2 Å². The Hall–Kier alpha value is -1.66. The lowest BCUT2D eigenvalue weighted by atomic mass is 10.2. The summed E-state index contributed by atoms with van der Waals surface area (Å²) in [4.78, 5) is 21.8. The monoisotopic (exact) mass is 423 g/mol. The number of benzene rings is 2. The molecule has 4 nitrogen and oxygen atoms in total. The molecule has 0 radical (unpaired) electrons. The number of para-hydroxylation sites is 1. The zero-order valence-corrected chi connectivity index (χ0v) is 18.0. The summed E-state index contributed by atoms with van der Waals surface area (Å²) in [5.74, 6) is -0.0443. The van der Waals surface area contributed by atoms with Gasteiger partial charge in [0.25, 0.3) is 5.91 Å². The number of anilines is 1. The van der Waals surface area contributed by atoms with Gasteiger partial charge in [0.2, 0.25) is 0 Å². The number of rotatable bonds is 6. The molecule has 27 heavy (non-hydrogen) atoms. The molecule has 0 N–H and O–H groups in total. The van der Waals surface area contributed by atoms with Gasteiger partial charge in [-0.25, -0.2) is 4.98 Å². The Bertz CT molecular complexity index is 909. The summed E-state index contributed by atoms with van der Waals surface area (Å²) in [5, 5.41) is 1.37. The fourth-order valence-electron chi connectivity index (χ4n) is 2.77. The van der Waals surface area contributed by atoms with E-state index < -0.39 is 0 Å². The molecule has 0 aliphatic carbocycles. The molecule has 2 aromatic carbocycles. The second-order valence-electron chi connectivity index (χ2n) is 6.54. The minimum Gasteiger partial charge on any atom is -0.309 e. The van der Waals surface area contributed by atoms with E-state index in [1.54, 1.807) is 40.5 Å². The molecule has 3 aromatic rings. The third-order valence-electron chi connectivity index (χ3n) is 4.16. The van der Waals surface area contributed by atoms with Gasteiger partial charge in [-0.15, -0.1) is 12.4 Å². The van der Waals surface area contributed by atoms with Crippen molar-refractivity contribution in [3.8, 4) is 0 Å². The Balaban J connectivity index is 0.00000261. The van der Waals surface area contributed by atoms with Crippen molar-refractivity contribution in [2.45, 2.75) is 13.3 Å². The van der Waals surface area contributed by atoms with Crippen molar-refractivity contribution in [1.29, 1.82) is 0 Å². The highest BCUT2D eigenvalue weighted by atomic mass is 35.5. The smallest absolute Gasteiger partial charge is 0.260 e. The molecule has 1 amide bonds. The van der Waals surface area contributed by atoms with Gasteiger partial charge in [-0.2, -0.15) is 0 Å². The minimum absolute atomic E-state index is 0. The van der Waals surface area contributed by atoms with E-state index in [-0.39, 0.29) is 18.3 Å². The summed E-state index contributed by atoms with van der Waals surface area (Å²) in [5.41, 5.74) is 2.71. The van der Waals surface area contributed by atoms with Crippen LogP contribution < -0.4 is 4.90 Å². The summed E-state index contributed by atoms with van der Waals surface area (Å²) in [6.07, 6.45) is 0.876. The summed E-state index contributed by atoms with van der Waals surface area (Å²) < 4.78 is 1.10. The van der Waals surface area contributed by atoms with Gasteiger partial charge >= 0.3 is 0 Å². The van der Waals surface area contributed by atoms with Gasteiger partial charge in [-0.1, -0.05) is 35.1 Å². The molecule has 0 atom stereocenters. The first-order valence-corrected chi connectivity index (χ1v) is 9.73. The Morgan fingerprint density at radius 1 is 1.11 bits per heavy atom. The maximum Gasteiger partial charge on any atom is 0.260 e. The van der Waals surface area contributed by atoms with E-state index in [4.69, 9.17) is 16.6 Å². The van der Waals surface area contributed by atoms with Crippen molar-refractivity contribution in [2.24, 2.45) is 0 Å².